The number of Topliss-reactive ketones (excluding diaryl/α,β-unsaturated/α-hetero) is 1. The fraction of sp³-hybridized carbons (Fsp3) is 0.776. The third-order valence-electron chi connectivity index (χ3n) is 21.7. The number of ketones is 1. The van der Waals surface area contributed by atoms with Crippen molar-refractivity contribution < 1.29 is 111 Å². The van der Waals surface area contributed by atoms with Gasteiger partial charge in [0.2, 0.25) is 11.3 Å². The van der Waals surface area contributed by atoms with Gasteiger partial charge in [-0.15, -0.1) is 0 Å². The molecule has 10 rings (SSSR count). The van der Waals surface area contributed by atoms with Crippen LogP contribution in [0.5, 0.6) is 0 Å². The summed E-state index contributed by atoms with van der Waals surface area (Å²) in [5.74, 6) is -6.46. The molecule has 0 unspecified atom stereocenters. The summed E-state index contributed by atoms with van der Waals surface area (Å²) in [6, 6.07) is -1.12. The average molecular weight is 1310 g/mol. The van der Waals surface area contributed by atoms with Gasteiger partial charge in [0.1, 0.15) is 35.9 Å². The quantitative estimate of drug-likeness (QED) is 0.0240. The minimum Gasteiger partial charge on any atom is -0.511 e. The highest BCUT2D eigenvalue weighted by molar-refractivity contribution is 6.26. The molecule has 1 spiro atoms. The molecule has 0 aromatic rings. The summed E-state index contributed by atoms with van der Waals surface area (Å²) in [5.41, 5.74) is -4.91. The lowest BCUT2D eigenvalue weighted by atomic mass is 9.49. The number of aldehydes is 1. The van der Waals surface area contributed by atoms with E-state index in [0.29, 0.717) is 49.5 Å². The topological polar surface area (TPSA) is 341 Å². The van der Waals surface area contributed by atoms with Crippen LogP contribution in [-0.2, 0) is 80.8 Å². The molecule has 1 saturated carbocycles. The van der Waals surface area contributed by atoms with Crippen LogP contribution in [0.25, 0.3) is 0 Å². The van der Waals surface area contributed by atoms with Gasteiger partial charge in [-0.25, -0.2) is 9.59 Å². The molecule has 2 bridgehead atoms. The molecule has 0 aromatic heterocycles. The van der Waals surface area contributed by atoms with Crippen LogP contribution in [-0.4, -0.2) is 197 Å². The van der Waals surface area contributed by atoms with Crippen LogP contribution in [0, 0.1) is 51.0 Å². The van der Waals surface area contributed by atoms with E-state index in [-0.39, 0.29) is 43.1 Å². The maximum atomic E-state index is 15.6. The van der Waals surface area contributed by atoms with Gasteiger partial charge < -0.3 is 87.3 Å². The third kappa shape index (κ3) is 14.0. The monoisotopic (exact) mass is 1310 g/mol. The average Bonchev–Trinajstić information content (AvgIpc) is 1.68. The molecule has 6 heterocycles. The fourth-order valence-electron chi connectivity index (χ4n) is 16.9. The Labute approximate surface area is 542 Å². The van der Waals surface area contributed by atoms with Crippen LogP contribution >= 0.6 is 0 Å². The van der Waals surface area contributed by atoms with Gasteiger partial charge in [0.25, 0.3) is 0 Å². The van der Waals surface area contributed by atoms with Crippen molar-refractivity contribution in [2.24, 2.45) is 40.9 Å². The van der Waals surface area contributed by atoms with Gasteiger partial charge in [-0.1, -0.05) is 50.6 Å². The molecule has 4 aliphatic carbocycles. The number of hydrogen-bond acceptors (Lipinski definition) is 24. The number of carbonyl (C=O) groups excluding carboxylic acids is 5. The zero-order chi connectivity index (χ0) is 67.5. The Morgan fingerprint density at radius 2 is 1.35 bits per heavy atom. The number of nitrogens with one attached hydrogen (secondary N) is 1. The molecule has 26 nitrogen and oxygen atoms in total. The van der Waals surface area contributed by atoms with Crippen LogP contribution < -0.4 is 5.32 Å². The van der Waals surface area contributed by atoms with Gasteiger partial charge in [-0.3, -0.25) is 24.5 Å². The van der Waals surface area contributed by atoms with E-state index in [2.05, 4.69) is 25.2 Å². The number of nitro groups is 1. The Balaban J connectivity index is 0.904. The van der Waals surface area contributed by atoms with Gasteiger partial charge in [-0.2, -0.15) is 0 Å². The number of esters is 2. The first-order valence-electron chi connectivity index (χ1n) is 33.1. The molecule has 29 atom stereocenters. The minimum atomic E-state index is -2.20. The van der Waals surface area contributed by atoms with E-state index in [1.165, 1.54) is 19.9 Å². The van der Waals surface area contributed by atoms with Crippen molar-refractivity contribution in [3.8, 4) is 0 Å². The zero-order valence-corrected chi connectivity index (χ0v) is 55.4. The second-order valence-corrected chi connectivity index (χ2v) is 28.2. The van der Waals surface area contributed by atoms with Crippen LogP contribution in [0.3, 0.4) is 0 Å². The lowest BCUT2D eigenvalue weighted by molar-refractivity contribution is -0.584. The Morgan fingerprint density at radius 3 is 2.01 bits per heavy atom. The van der Waals surface area contributed by atoms with Crippen LogP contribution in [0.1, 0.15) is 147 Å². The highest BCUT2D eigenvalue weighted by Gasteiger charge is 2.65. The molecule has 93 heavy (non-hydrogen) atoms. The van der Waals surface area contributed by atoms with Crippen molar-refractivity contribution in [2.45, 2.75) is 281 Å². The largest absolute Gasteiger partial charge is 0.511 e. The predicted octanol–water partition coefficient (Wildman–Crippen LogP) is 6.36. The maximum absolute atomic E-state index is 15.6. The van der Waals surface area contributed by atoms with E-state index in [1.54, 1.807) is 33.8 Å². The van der Waals surface area contributed by atoms with Crippen molar-refractivity contribution >= 4 is 30.1 Å². The smallest absolute Gasteiger partial charge is 0.407 e. The van der Waals surface area contributed by atoms with Crippen molar-refractivity contribution in [1.82, 2.24) is 5.32 Å². The van der Waals surface area contributed by atoms with Crippen molar-refractivity contribution in [3.63, 3.8) is 0 Å². The van der Waals surface area contributed by atoms with E-state index >= 15 is 4.79 Å². The number of methoxy groups -OCH3 is 1. The van der Waals surface area contributed by atoms with Crippen molar-refractivity contribution in [2.75, 3.05) is 7.11 Å². The molecule has 5 N–H and O–H groups in total. The van der Waals surface area contributed by atoms with Gasteiger partial charge in [-0.05, 0) is 109 Å². The van der Waals surface area contributed by atoms with E-state index in [1.807, 2.05) is 39.8 Å². The molecule has 26 heteroatoms. The first kappa shape index (κ1) is 70.7. The first-order valence-corrected chi connectivity index (χ1v) is 33.1. The standard InChI is InChI=1S/C67H96N2O24/c1-30-14-18-47(88-54-28-65(11,69(79)80)60(38(9)86-54)68-64(78)81-13)31(2)23-43-45(73)24-40(29-70)27-67(43)62(76)55(63(77)93-67)61(75)66(12)42(30)16-15-41-56(66)32(3)22-33(4)57(41)92-53-26-49(59(37(8)85-53)87-39(10)71)90-50-21-19-48(35(6)83-50)89-52-25-46(74)58(36(7)84-52)91-51-20-17-44(72)34(5)82-51/h14-16,23-24,29,32-38,41-54,56-60,72-75H,17-22,25-28H2,1-13H3,(H,68,78)/b30-14+,31-23+,61-55+/t32-,33-,34-,35-,36-,37-,38+,41-,42-,43+,44+,45-,46+,47-,48+,49+,50-,51-,52+,53-,54-,56+,57-,58-,59-,60-,65-,66+,67-/m0/s1. The van der Waals surface area contributed by atoms with Crippen molar-refractivity contribution in [1.29, 1.82) is 0 Å². The fourth-order valence-corrected chi connectivity index (χ4v) is 16.9. The highest BCUT2D eigenvalue weighted by atomic mass is 16.8. The molecular weight excluding hydrogens is 1220 g/mol. The van der Waals surface area contributed by atoms with Crippen LogP contribution in [0.4, 0.5) is 4.79 Å². The molecule has 6 aliphatic heterocycles. The number of fused-ring (bicyclic) bond motifs is 4. The Hall–Kier alpha value is -5.07. The van der Waals surface area contributed by atoms with Gasteiger partial charge in [0, 0.05) is 68.1 Å². The molecule has 0 radical (unpaired) electrons. The number of hydrogen-bond donors (Lipinski definition) is 5. The van der Waals surface area contributed by atoms with E-state index in [4.69, 9.17) is 61.6 Å². The van der Waals surface area contributed by atoms with Gasteiger partial charge >= 0.3 is 18.0 Å². The number of amides is 1. The van der Waals surface area contributed by atoms with Gasteiger partial charge in [0.15, 0.2) is 43.2 Å². The summed E-state index contributed by atoms with van der Waals surface area (Å²) in [4.78, 5) is 80.4. The zero-order valence-electron chi connectivity index (χ0n) is 55.4. The van der Waals surface area contributed by atoms with E-state index in [0.717, 1.165) is 7.11 Å². The summed E-state index contributed by atoms with van der Waals surface area (Å²) in [6.45, 7) is 21.0. The van der Waals surface area contributed by atoms with Gasteiger partial charge in [0.05, 0.1) is 86.6 Å². The molecule has 0 aromatic carbocycles. The number of carbonyl (C=O) groups is 5. The Kier molecular flexibility index (Phi) is 21.4. The minimum absolute atomic E-state index is 0.00196. The molecule has 10 aliphatic rings. The number of aliphatic hydroxyl groups is 4. The number of nitrogens with zero attached hydrogens (tertiary/aromatic N) is 1. The molecular formula is C67H96N2O24. The second kappa shape index (κ2) is 28.2. The summed E-state index contributed by atoms with van der Waals surface area (Å²) < 4.78 is 81.5. The molecule has 7 fully saturated rings. The summed E-state index contributed by atoms with van der Waals surface area (Å²) >= 11 is 0. The number of alkyl carbamates (subject to hydrolysis) is 1. The molecule has 6 saturated heterocycles. The third-order valence-corrected chi connectivity index (χ3v) is 21.7. The number of ether oxygens (including phenoxy) is 13. The second-order valence-electron chi connectivity index (χ2n) is 28.2. The molecule has 1 amide bonds. The summed E-state index contributed by atoms with van der Waals surface area (Å²) in [7, 11) is 1.15. The SMILES string of the molecule is COC(=O)N[C@H]1[C@@H](C)O[C@@H](O[C@H]2C/C=C(\C)[C@@H]3C=C[C@@H]4[C@@H](O[C@H]5C[C@@H](O[C@H]6CC[C@@H](O[C@@H]7C[C@@H](O)[C@@H](O[C@H]8CC[C@@H](O)[C@H](C)O8)[C@H](C)O7)[C@H](C)O6)[C@@H](OC(C)=O)[C@H](C)O5)[C@@H](C)C[C@H](C)[C@H]4[C@]3(C)/C(O)=C3\C(=O)O[C@]4(CC(C=O)=C[C@H](O)[C@H]4/C=C/2C)C3=O)C[C@]1(C)[N+](=O)[O-]. The number of aliphatic hydroxyl groups excluding tert-OH is 4. The highest BCUT2D eigenvalue weighted by Crippen LogP contribution is 2.61. The first-order chi connectivity index (χ1) is 43.9. The number of allylic oxidation sites excluding steroid dienone is 3. The normalized spacial score (nSPS) is 48.2. The lowest BCUT2D eigenvalue weighted by Gasteiger charge is -2.56. The summed E-state index contributed by atoms with van der Waals surface area (Å²) in [6.07, 6.45) is -4.21. The number of rotatable bonds is 14. The summed E-state index contributed by atoms with van der Waals surface area (Å²) in [5, 5.41) is 62.0. The lowest BCUT2D eigenvalue weighted by Crippen LogP contribution is -2.65. The van der Waals surface area contributed by atoms with E-state index < -0.39 is 210 Å². The van der Waals surface area contributed by atoms with Crippen LogP contribution in [0.15, 0.2) is 58.4 Å². The molecule has 518 valence electrons. The van der Waals surface area contributed by atoms with E-state index in [9.17, 15) is 49.7 Å². The maximum Gasteiger partial charge on any atom is 0.407 e. The Morgan fingerprint density at radius 1 is 0.720 bits per heavy atom. The predicted molar refractivity (Wildman–Crippen MR) is 325 cm³/mol. The Bertz CT molecular complexity index is 2960. The van der Waals surface area contributed by atoms with Crippen LogP contribution in [0.2, 0.25) is 0 Å². The van der Waals surface area contributed by atoms with Crippen molar-refractivity contribution in [3.05, 3.63) is 68.5 Å².